The summed E-state index contributed by atoms with van der Waals surface area (Å²) in [6, 6.07) is 3.54. The van der Waals surface area contributed by atoms with Crippen molar-refractivity contribution in [1.82, 2.24) is 5.32 Å². The predicted octanol–water partition coefficient (Wildman–Crippen LogP) is 3.78. The monoisotopic (exact) mass is 372 g/mol. The van der Waals surface area contributed by atoms with Crippen LogP contribution in [0.2, 0.25) is 0 Å². The molecular weight excluding hydrogens is 361 g/mol. The molecule has 1 aromatic rings. The summed E-state index contributed by atoms with van der Waals surface area (Å²) in [5, 5.41) is 2.05. The quantitative estimate of drug-likeness (QED) is 0.690. The largest absolute Gasteiger partial charge is 0.427 e. The third kappa shape index (κ3) is 2.35. The Labute approximate surface area is 134 Å². The molecule has 0 bridgehead atoms. The number of urea groups is 1. The van der Waals surface area contributed by atoms with Crippen LogP contribution in [0, 0.1) is 17.8 Å². The number of anilines is 1. The summed E-state index contributed by atoms with van der Waals surface area (Å²) in [4.78, 5) is 13.2. The molecule has 7 heteroatoms. The number of hydrogen-bond donors (Lipinski definition) is 1. The van der Waals surface area contributed by atoms with Crippen LogP contribution in [-0.4, -0.2) is 19.3 Å². The van der Waals surface area contributed by atoms with Crippen LogP contribution in [0.5, 0.6) is 0 Å². The molecule has 1 aliphatic carbocycles. The van der Waals surface area contributed by atoms with Crippen molar-refractivity contribution in [3.63, 3.8) is 0 Å². The van der Waals surface area contributed by atoms with E-state index in [2.05, 4.69) is 33.1 Å². The van der Waals surface area contributed by atoms with Crippen LogP contribution in [-0.2, 0) is 5.54 Å². The van der Waals surface area contributed by atoms with Gasteiger partial charge in [0.05, 0.1) is 5.69 Å². The molecule has 1 heterocycles. The van der Waals surface area contributed by atoms with Crippen molar-refractivity contribution in [1.29, 1.82) is 0 Å². The molecule has 1 fully saturated rings. The Morgan fingerprint density at radius 2 is 2.09 bits per heavy atom. The highest BCUT2D eigenvalue weighted by Gasteiger charge is 2.60. The van der Waals surface area contributed by atoms with Gasteiger partial charge in [0.1, 0.15) is 0 Å². The average Bonchev–Trinajstić information content (AvgIpc) is 3.24. The second-order valence-electron chi connectivity index (χ2n) is 5.44. The molecule has 1 saturated carbocycles. The van der Waals surface area contributed by atoms with E-state index < -0.39 is 17.7 Å². The first-order chi connectivity index (χ1) is 10.2. The van der Waals surface area contributed by atoms with Gasteiger partial charge < -0.3 is 5.32 Å². The number of carbonyl (C=O) groups excluding carboxylic acids is 1. The van der Waals surface area contributed by atoms with Crippen molar-refractivity contribution in [2.75, 3.05) is 11.9 Å². The Kier molecular flexibility index (Phi) is 3.40. The van der Waals surface area contributed by atoms with Gasteiger partial charge in [-0.25, -0.2) is 4.79 Å². The number of halogens is 4. The standard InChI is InChI=1S/C15H12BrF3N2O/c1-21-12-8-10(16)4-5-11(12)14(15(17,18)19,20-13(21)22)7-6-9-2-3-9/h4-5,8-9H,2-3H2,1H3,(H,20,22). The van der Waals surface area contributed by atoms with Crippen molar-refractivity contribution in [2.24, 2.45) is 5.92 Å². The molecule has 2 aliphatic rings. The fourth-order valence-electron chi connectivity index (χ4n) is 2.35. The van der Waals surface area contributed by atoms with Crippen molar-refractivity contribution >= 4 is 27.6 Å². The van der Waals surface area contributed by atoms with Crippen LogP contribution >= 0.6 is 15.9 Å². The minimum atomic E-state index is -4.71. The lowest BCUT2D eigenvalue weighted by Crippen LogP contribution is -2.61. The number of nitrogens with one attached hydrogen (secondary N) is 1. The number of carbonyl (C=O) groups is 1. The van der Waals surface area contributed by atoms with Gasteiger partial charge in [-0.15, -0.1) is 0 Å². The molecule has 2 amide bonds. The van der Waals surface area contributed by atoms with Crippen LogP contribution in [0.1, 0.15) is 18.4 Å². The molecule has 3 rings (SSSR count). The first kappa shape index (κ1) is 15.2. The van der Waals surface area contributed by atoms with Crippen LogP contribution in [0.15, 0.2) is 22.7 Å². The van der Waals surface area contributed by atoms with Gasteiger partial charge in [0, 0.05) is 23.0 Å². The van der Waals surface area contributed by atoms with Gasteiger partial charge in [-0.2, -0.15) is 13.2 Å². The average molecular weight is 373 g/mol. The summed E-state index contributed by atoms with van der Waals surface area (Å²) in [7, 11) is 1.43. The van der Waals surface area contributed by atoms with Crippen molar-refractivity contribution in [2.45, 2.75) is 24.6 Å². The minimum absolute atomic E-state index is 0.00492. The van der Waals surface area contributed by atoms with Crippen LogP contribution < -0.4 is 10.2 Å². The molecule has 3 nitrogen and oxygen atoms in total. The van der Waals surface area contributed by atoms with Gasteiger partial charge in [-0.1, -0.05) is 33.8 Å². The molecule has 0 saturated heterocycles. The van der Waals surface area contributed by atoms with Crippen molar-refractivity contribution in [3.8, 4) is 11.8 Å². The molecule has 1 unspecified atom stereocenters. The lowest BCUT2D eigenvalue weighted by Gasteiger charge is -2.40. The van der Waals surface area contributed by atoms with E-state index in [4.69, 9.17) is 0 Å². The maximum Gasteiger partial charge on any atom is 0.427 e. The molecule has 1 N–H and O–H groups in total. The molecule has 1 aliphatic heterocycles. The number of nitrogens with zero attached hydrogens (tertiary/aromatic N) is 1. The SMILES string of the molecule is CN1C(=O)NC(C#CC2CC2)(C(F)(F)F)c2ccc(Br)cc21. The third-order valence-corrected chi connectivity index (χ3v) is 4.28. The first-order valence-corrected chi connectivity index (χ1v) is 7.49. The molecule has 116 valence electrons. The van der Waals surface area contributed by atoms with Crippen LogP contribution in [0.4, 0.5) is 23.7 Å². The Hall–Kier alpha value is -1.68. The molecule has 1 aromatic carbocycles. The van der Waals surface area contributed by atoms with E-state index >= 15 is 0 Å². The highest BCUT2D eigenvalue weighted by atomic mass is 79.9. The summed E-state index contributed by atoms with van der Waals surface area (Å²) >= 11 is 3.22. The Morgan fingerprint density at radius 1 is 1.41 bits per heavy atom. The maximum atomic E-state index is 13.8. The second kappa shape index (κ2) is 4.92. The third-order valence-electron chi connectivity index (χ3n) is 3.79. The molecule has 0 spiro atoms. The van der Waals surface area contributed by atoms with Gasteiger partial charge in [0.25, 0.3) is 0 Å². The highest BCUT2D eigenvalue weighted by molar-refractivity contribution is 9.10. The van der Waals surface area contributed by atoms with Gasteiger partial charge in [-0.3, -0.25) is 4.90 Å². The van der Waals surface area contributed by atoms with Gasteiger partial charge in [-0.05, 0) is 25.0 Å². The van der Waals surface area contributed by atoms with E-state index in [1.807, 2.05) is 0 Å². The first-order valence-electron chi connectivity index (χ1n) is 6.70. The fraction of sp³-hybridized carbons (Fsp3) is 0.400. The lowest BCUT2D eigenvalue weighted by molar-refractivity contribution is -0.178. The van der Waals surface area contributed by atoms with Gasteiger partial charge in [0.15, 0.2) is 0 Å². The van der Waals surface area contributed by atoms with E-state index in [1.165, 1.54) is 25.2 Å². The topological polar surface area (TPSA) is 32.3 Å². The Morgan fingerprint density at radius 3 is 2.68 bits per heavy atom. The van der Waals surface area contributed by atoms with Crippen molar-refractivity contribution < 1.29 is 18.0 Å². The van der Waals surface area contributed by atoms with E-state index in [1.54, 1.807) is 0 Å². The maximum absolute atomic E-state index is 13.8. The summed E-state index contributed by atoms with van der Waals surface area (Å²) < 4.78 is 42.0. The normalized spacial score (nSPS) is 24.2. The second-order valence-corrected chi connectivity index (χ2v) is 6.36. The minimum Gasteiger partial charge on any atom is -0.310 e. The molecule has 22 heavy (non-hydrogen) atoms. The van der Waals surface area contributed by atoms with Crippen molar-refractivity contribution in [3.05, 3.63) is 28.2 Å². The van der Waals surface area contributed by atoms with E-state index in [9.17, 15) is 18.0 Å². The molecule has 1 atom stereocenters. The van der Waals surface area contributed by atoms with Gasteiger partial charge in [0.2, 0.25) is 5.54 Å². The summed E-state index contributed by atoms with van der Waals surface area (Å²) in [6.45, 7) is 0. The van der Waals surface area contributed by atoms with Gasteiger partial charge >= 0.3 is 12.2 Å². The number of benzene rings is 1. The van der Waals surface area contributed by atoms with E-state index in [-0.39, 0.29) is 17.2 Å². The zero-order valence-corrected chi connectivity index (χ0v) is 13.2. The van der Waals surface area contributed by atoms with Crippen LogP contribution in [0.3, 0.4) is 0 Å². The number of amides is 2. The summed E-state index contributed by atoms with van der Waals surface area (Å²) in [6.07, 6.45) is -3.10. The lowest BCUT2D eigenvalue weighted by atomic mass is 9.86. The Bertz CT molecular complexity index is 703. The summed E-state index contributed by atoms with van der Waals surface area (Å²) in [5.74, 6) is 4.96. The molecule has 0 radical (unpaired) electrons. The molecular formula is C15H12BrF3N2O. The fourth-order valence-corrected chi connectivity index (χ4v) is 2.70. The van der Waals surface area contributed by atoms with E-state index in [0.29, 0.717) is 4.47 Å². The number of hydrogen-bond acceptors (Lipinski definition) is 1. The van der Waals surface area contributed by atoms with E-state index in [0.717, 1.165) is 17.7 Å². The summed E-state index contributed by atoms with van der Waals surface area (Å²) in [5.41, 5.74) is -2.52. The highest BCUT2D eigenvalue weighted by Crippen LogP contribution is 2.46. The number of alkyl halides is 3. The smallest absolute Gasteiger partial charge is 0.310 e. The number of fused-ring (bicyclic) bond motifs is 1. The zero-order valence-electron chi connectivity index (χ0n) is 11.6. The number of rotatable bonds is 0. The van der Waals surface area contributed by atoms with Crippen LogP contribution in [0.25, 0.3) is 0 Å². The molecule has 0 aromatic heterocycles. The Balaban J connectivity index is 2.24. The zero-order chi connectivity index (χ0) is 16.1. The predicted molar refractivity (Wildman–Crippen MR) is 79.3 cm³/mol.